The van der Waals surface area contributed by atoms with Crippen LogP contribution in [-0.4, -0.2) is 29.3 Å². The lowest BCUT2D eigenvalue weighted by atomic mass is 10.2. The van der Waals surface area contributed by atoms with E-state index in [9.17, 15) is 9.59 Å². The molecule has 1 amide bonds. The summed E-state index contributed by atoms with van der Waals surface area (Å²) in [5.41, 5.74) is -0.552. The smallest absolute Gasteiger partial charge is 0.328 e. The van der Waals surface area contributed by atoms with Gasteiger partial charge in [0.05, 0.1) is 10.1 Å². The second kappa shape index (κ2) is 8.06. The molecule has 0 aromatic carbocycles. The summed E-state index contributed by atoms with van der Waals surface area (Å²) in [7, 11) is 0. The number of halogens is 1. The zero-order valence-corrected chi connectivity index (χ0v) is 15.0. The van der Waals surface area contributed by atoms with Crippen molar-refractivity contribution in [2.24, 2.45) is 0 Å². The fraction of sp³-hybridized carbons (Fsp3) is 0.571. The van der Waals surface area contributed by atoms with Gasteiger partial charge in [0, 0.05) is 10.6 Å². The van der Waals surface area contributed by atoms with Gasteiger partial charge < -0.3 is 10.1 Å². The third kappa shape index (κ3) is 7.74. The van der Waals surface area contributed by atoms with Crippen LogP contribution in [0.25, 0.3) is 0 Å². The van der Waals surface area contributed by atoms with Gasteiger partial charge in [0.15, 0.2) is 0 Å². The number of esters is 1. The normalized spacial score (nSPS) is 12.8. The SMILES string of the molecule is C[C@@H](NC(=O)CSCc1ccc(Cl)s1)C(=O)OC(C)(C)C. The van der Waals surface area contributed by atoms with E-state index in [0.29, 0.717) is 5.75 Å². The van der Waals surface area contributed by atoms with Gasteiger partial charge in [0.1, 0.15) is 11.6 Å². The van der Waals surface area contributed by atoms with E-state index in [1.54, 1.807) is 27.7 Å². The number of carbonyl (C=O) groups is 2. The molecule has 1 aromatic heterocycles. The number of rotatable bonds is 6. The molecule has 1 heterocycles. The van der Waals surface area contributed by atoms with E-state index in [0.717, 1.165) is 15.0 Å². The highest BCUT2D eigenvalue weighted by atomic mass is 35.5. The molecule has 0 aliphatic heterocycles. The van der Waals surface area contributed by atoms with Gasteiger partial charge in [-0.25, -0.2) is 4.79 Å². The van der Waals surface area contributed by atoms with Crippen LogP contribution in [0.2, 0.25) is 4.34 Å². The van der Waals surface area contributed by atoms with Crippen molar-refractivity contribution < 1.29 is 14.3 Å². The number of ether oxygens (including phenoxy) is 1. The molecule has 7 heteroatoms. The van der Waals surface area contributed by atoms with Crippen LogP contribution >= 0.6 is 34.7 Å². The second-order valence-electron chi connectivity index (χ2n) is 5.52. The Morgan fingerprint density at radius 1 is 1.43 bits per heavy atom. The van der Waals surface area contributed by atoms with Gasteiger partial charge in [-0.3, -0.25) is 4.79 Å². The summed E-state index contributed by atoms with van der Waals surface area (Å²) in [4.78, 5) is 24.6. The first-order valence-corrected chi connectivity index (χ1v) is 8.86. The molecule has 1 aromatic rings. The second-order valence-corrected chi connectivity index (χ2v) is 8.31. The molecule has 0 aliphatic carbocycles. The Bertz CT molecular complexity index is 497. The number of carbonyl (C=O) groups excluding carboxylic acids is 2. The van der Waals surface area contributed by atoms with Crippen molar-refractivity contribution in [1.82, 2.24) is 5.32 Å². The maximum absolute atomic E-state index is 11.8. The summed E-state index contributed by atoms with van der Waals surface area (Å²) in [6, 6.07) is 3.14. The average molecular weight is 350 g/mol. The Labute approximate surface area is 138 Å². The molecule has 0 saturated heterocycles. The molecule has 0 aliphatic rings. The zero-order chi connectivity index (χ0) is 16.0. The quantitative estimate of drug-likeness (QED) is 0.799. The molecule has 0 radical (unpaired) electrons. The van der Waals surface area contributed by atoms with Gasteiger partial charge in [-0.05, 0) is 39.8 Å². The first kappa shape index (κ1) is 18.3. The Balaban J connectivity index is 2.28. The van der Waals surface area contributed by atoms with Crippen LogP contribution in [0.3, 0.4) is 0 Å². The van der Waals surface area contributed by atoms with Crippen LogP contribution < -0.4 is 5.32 Å². The fourth-order valence-electron chi connectivity index (χ4n) is 1.41. The van der Waals surface area contributed by atoms with Crippen molar-refractivity contribution in [1.29, 1.82) is 0 Å². The highest BCUT2D eigenvalue weighted by Gasteiger charge is 2.22. The predicted octanol–water partition coefficient (Wildman–Crippen LogP) is 3.48. The van der Waals surface area contributed by atoms with Crippen molar-refractivity contribution in [3.63, 3.8) is 0 Å². The van der Waals surface area contributed by atoms with Crippen molar-refractivity contribution in [3.05, 3.63) is 21.3 Å². The molecule has 1 rings (SSSR count). The molecule has 0 fully saturated rings. The standard InChI is InChI=1S/C14H20ClNO3S2/c1-9(13(18)19-14(2,3)4)16-12(17)8-20-7-10-5-6-11(15)21-10/h5-6,9H,7-8H2,1-4H3,(H,16,17)/t9-/m1/s1. The zero-order valence-electron chi connectivity index (χ0n) is 12.6. The topological polar surface area (TPSA) is 55.4 Å². The number of hydrogen-bond donors (Lipinski definition) is 1. The Kier molecular flexibility index (Phi) is 7.03. The number of amides is 1. The summed E-state index contributed by atoms with van der Waals surface area (Å²) in [5, 5.41) is 2.64. The minimum atomic E-state index is -0.645. The average Bonchev–Trinajstić information content (AvgIpc) is 2.72. The maximum Gasteiger partial charge on any atom is 0.328 e. The van der Waals surface area contributed by atoms with Crippen LogP contribution in [0.5, 0.6) is 0 Å². The summed E-state index contributed by atoms with van der Waals surface area (Å²) < 4.78 is 5.95. The molecule has 118 valence electrons. The van der Waals surface area contributed by atoms with Crippen LogP contribution in [-0.2, 0) is 20.1 Å². The number of thioether (sulfide) groups is 1. The van der Waals surface area contributed by atoms with Crippen molar-refractivity contribution >= 4 is 46.6 Å². The molecule has 0 saturated carbocycles. The van der Waals surface area contributed by atoms with E-state index in [1.807, 2.05) is 12.1 Å². The molecule has 4 nitrogen and oxygen atoms in total. The van der Waals surface area contributed by atoms with E-state index in [2.05, 4.69) is 5.32 Å². The minimum absolute atomic E-state index is 0.180. The van der Waals surface area contributed by atoms with E-state index in [1.165, 1.54) is 23.1 Å². The summed E-state index contributed by atoms with van der Waals surface area (Å²) in [5.74, 6) is 0.417. The lowest BCUT2D eigenvalue weighted by molar-refractivity contribution is -0.157. The monoisotopic (exact) mass is 349 g/mol. The minimum Gasteiger partial charge on any atom is -0.458 e. The number of hydrogen-bond acceptors (Lipinski definition) is 5. The Morgan fingerprint density at radius 3 is 2.62 bits per heavy atom. The van der Waals surface area contributed by atoms with Crippen molar-refractivity contribution in [3.8, 4) is 0 Å². The Morgan fingerprint density at radius 2 is 2.10 bits per heavy atom. The van der Waals surface area contributed by atoms with E-state index >= 15 is 0 Å². The first-order chi connectivity index (χ1) is 9.67. The lowest BCUT2D eigenvalue weighted by Gasteiger charge is -2.22. The van der Waals surface area contributed by atoms with Crippen LogP contribution in [0.15, 0.2) is 12.1 Å². The van der Waals surface area contributed by atoms with Crippen molar-refractivity contribution in [2.75, 3.05) is 5.75 Å². The first-order valence-electron chi connectivity index (χ1n) is 6.51. The van der Waals surface area contributed by atoms with E-state index in [-0.39, 0.29) is 5.91 Å². The van der Waals surface area contributed by atoms with Crippen LogP contribution in [0.1, 0.15) is 32.6 Å². The molecular weight excluding hydrogens is 330 g/mol. The lowest BCUT2D eigenvalue weighted by Crippen LogP contribution is -2.42. The maximum atomic E-state index is 11.8. The molecule has 1 atom stereocenters. The highest BCUT2D eigenvalue weighted by Crippen LogP contribution is 2.25. The van der Waals surface area contributed by atoms with Gasteiger partial charge in [-0.1, -0.05) is 11.6 Å². The van der Waals surface area contributed by atoms with Crippen LogP contribution in [0, 0.1) is 0 Å². The summed E-state index contributed by atoms with van der Waals surface area (Å²) in [6.07, 6.45) is 0. The molecule has 1 N–H and O–H groups in total. The van der Waals surface area contributed by atoms with Gasteiger partial charge in [-0.2, -0.15) is 0 Å². The largest absolute Gasteiger partial charge is 0.458 e. The van der Waals surface area contributed by atoms with Gasteiger partial charge in [0.25, 0.3) is 0 Å². The molecule has 0 unspecified atom stereocenters. The van der Waals surface area contributed by atoms with E-state index in [4.69, 9.17) is 16.3 Å². The predicted molar refractivity (Wildman–Crippen MR) is 88.9 cm³/mol. The van der Waals surface area contributed by atoms with E-state index < -0.39 is 17.6 Å². The van der Waals surface area contributed by atoms with Gasteiger partial charge in [0.2, 0.25) is 5.91 Å². The summed E-state index contributed by atoms with van der Waals surface area (Å²) in [6.45, 7) is 7.00. The third-order valence-corrected chi connectivity index (χ3v) is 4.64. The third-order valence-electron chi connectivity index (χ3n) is 2.24. The molecule has 0 spiro atoms. The van der Waals surface area contributed by atoms with Gasteiger partial charge in [-0.15, -0.1) is 23.1 Å². The van der Waals surface area contributed by atoms with Crippen molar-refractivity contribution in [2.45, 2.75) is 45.1 Å². The van der Waals surface area contributed by atoms with Gasteiger partial charge >= 0.3 is 5.97 Å². The van der Waals surface area contributed by atoms with Crippen LogP contribution in [0.4, 0.5) is 0 Å². The Hall–Kier alpha value is -0.720. The number of thiophene rings is 1. The molecular formula is C14H20ClNO3S2. The summed E-state index contributed by atoms with van der Waals surface area (Å²) >= 11 is 8.82. The molecule has 21 heavy (non-hydrogen) atoms. The molecule has 0 bridgehead atoms. The highest BCUT2D eigenvalue weighted by molar-refractivity contribution is 7.99. The number of nitrogens with one attached hydrogen (secondary N) is 1. The fourth-order valence-corrected chi connectivity index (χ4v) is 3.44.